The molecule has 5 nitrogen and oxygen atoms in total. The second-order valence-corrected chi connectivity index (χ2v) is 7.38. The predicted octanol–water partition coefficient (Wildman–Crippen LogP) is 3.52. The summed E-state index contributed by atoms with van der Waals surface area (Å²) in [5, 5.41) is 25.0. The van der Waals surface area contributed by atoms with Crippen LogP contribution in [0.5, 0.6) is 0 Å². The summed E-state index contributed by atoms with van der Waals surface area (Å²) in [4.78, 5) is 11.6. The van der Waals surface area contributed by atoms with Crippen molar-refractivity contribution in [3.8, 4) is 0 Å². The maximum Gasteiger partial charge on any atom is 0.407 e. The van der Waals surface area contributed by atoms with Gasteiger partial charge in [0.2, 0.25) is 0 Å². The van der Waals surface area contributed by atoms with E-state index < -0.39 is 23.9 Å². The van der Waals surface area contributed by atoms with Crippen molar-refractivity contribution in [2.45, 2.75) is 38.6 Å². The van der Waals surface area contributed by atoms with E-state index in [4.69, 9.17) is 4.74 Å². The van der Waals surface area contributed by atoms with Gasteiger partial charge in [-0.15, -0.1) is 0 Å². The molecule has 0 aliphatic rings. The highest BCUT2D eigenvalue weighted by atomic mass is 79.9. The number of aliphatic hydroxyl groups is 2. The van der Waals surface area contributed by atoms with Crippen LogP contribution in [0, 0.1) is 0 Å². The molecule has 0 radical (unpaired) electrons. The van der Waals surface area contributed by atoms with Crippen LogP contribution in [0.1, 0.15) is 32.4 Å². The van der Waals surface area contributed by atoms with Gasteiger partial charge in [0.05, 0.1) is 0 Å². The van der Waals surface area contributed by atoms with E-state index in [0.717, 1.165) is 15.2 Å². The summed E-state index contributed by atoms with van der Waals surface area (Å²) in [6.45, 7) is 5.15. The second kappa shape index (κ2) is 7.51. The van der Waals surface area contributed by atoms with E-state index in [1.54, 1.807) is 26.8 Å². The third-order valence-electron chi connectivity index (χ3n) is 3.43. The maximum absolute atomic E-state index is 11.6. The molecule has 0 aliphatic carbocycles. The molecule has 0 spiro atoms. The van der Waals surface area contributed by atoms with Gasteiger partial charge in [0.15, 0.2) is 0 Å². The van der Waals surface area contributed by atoms with Crippen LogP contribution >= 0.6 is 15.9 Å². The fourth-order valence-electron chi connectivity index (χ4n) is 2.30. The van der Waals surface area contributed by atoms with Gasteiger partial charge in [0.1, 0.15) is 17.8 Å². The highest BCUT2D eigenvalue weighted by Crippen LogP contribution is 2.32. The number of aliphatic hydroxyl groups excluding tert-OH is 2. The van der Waals surface area contributed by atoms with Crippen molar-refractivity contribution in [2.24, 2.45) is 0 Å². The van der Waals surface area contributed by atoms with Gasteiger partial charge in [-0.25, -0.2) is 4.79 Å². The topological polar surface area (TPSA) is 78.8 Å². The van der Waals surface area contributed by atoms with Crippen LogP contribution in [0.25, 0.3) is 10.8 Å². The van der Waals surface area contributed by atoms with Crippen molar-refractivity contribution < 1.29 is 19.7 Å². The van der Waals surface area contributed by atoms with Gasteiger partial charge in [-0.05, 0) is 53.0 Å². The Morgan fingerprint density at radius 3 is 2.54 bits per heavy atom. The lowest BCUT2D eigenvalue weighted by Crippen LogP contribution is -2.38. The zero-order valence-corrected chi connectivity index (χ0v) is 15.5. The van der Waals surface area contributed by atoms with Gasteiger partial charge in [0.25, 0.3) is 0 Å². The van der Waals surface area contributed by atoms with E-state index in [2.05, 4.69) is 21.2 Å². The van der Waals surface area contributed by atoms with E-state index in [1.165, 1.54) is 0 Å². The monoisotopic (exact) mass is 395 g/mol. The summed E-state index contributed by atoms with van der Waals surface area (Å²) in [6, 6.07) is 11.4. The average molecular weight is 396 g/mol. The number of hydrogen-bond donors (Lipinski definition) is 3. The molecule has 2 aromatic carbocycles. The van der Waals surface area contributed by atoms with E-state index >= 15 is 0 Å². The van der Waals surface area contributed by atoms with Crippen LogP contribution in [0.15, 0.2) is 40.9 Å². The predicted molar refractivity (Wildman–Crippen MR) is 96.9 cm³/mol. The van der Waals surface area contributed by atoms with Crippen molar-refractivity contribution in [1.29, 1.82) is 0 Å². The number of alkyl carbamates (subject to hydrolysis) is 1. The van der Waals surface area contributed by atoms with E-state index in [-0.39, 0.29) is 6.54 Å². The molecule has 2 aromatic rings. The SMILES string of the molecule is CC(C)(C)OC(=O)NCC(O)C(O)c1ccc2ccccc2c1Br. The number of halogens is 1. The lowest BCUT2D eigenvalue weighted by molar-refractivity contribution is 0.0127. The summed E-state index contributed by atoms with van der Waals surface area (Å²) >= 11 is 3.49. The molecule has 0 heterocycles. The fourth-order valence-corrected chi connectivity index (χ4v) is 3.03. The van der Waals surface area contributed by atoms with Crippen molar-refractivity contribution in [3.05, 3.63) is 46.4 Å². The quantitative estimate of drug-likeness (QED) is 0.739. The normalized spacial score (nSPS) is 14.2. The van der Waals surface area contributed by atoms with Crippen molar-refractivity contribution in [2.75, 3.05) is 6.54 Å². The van der Waals surface area contributed by atoms with Crippen LogP contribution < -0.4 is 5.32 Å². The Morgan fingerprint density at radius 2 is 1.88 bits per heavy atom. The van der Waals surface area contributed by atoms with E-state index in [9.17, 15) is 15.0 Å². The molecule has 2 unspecified atom stereocenters. The van der Waals surface area contributed by atoms with E-state index in [1.807, 2.05) is 30.3 Å². The Labute approximate surface area is 149 Å². The minimum atomic E-state index is -1.16. The molecule has 0 saturated heterocycles. The summed E-state index contributed by atoms with van der Waals surface area (Å²) in [5.74, 6) is 0. The van der Waals surface area contributed by atoms with Crippen LogP contribution in [-0.2, 0) is 4.74 Å². The number of hydrogen-bond acceptors (Lipinski definition) is 4. The number of carbonyl (C=O) groups excluding carboxylic acids is 1. The number of nitrogens with one attached hydrogen (secondary N) is 1. The summed E-state index contributed by atoms with van der Waals surface area (Å²) < 4.78 is 5.83. The lowest BCUT2D eigenvalue weighted by atomic mass is 10.0. The zero-order chi connectivity index (χ0) is 17.9. The first-order valence-electron chi connectivity index (χ1n) is 7.69. The second-order valence-electron chi connectivity index (χ2n) is 6.58. The summed E-state index contributed by atoms with van der Waals surface area (Å²) in [7, 11) is 0. The molecule has 2 atom stereocenters. The minimum absolute atomic E-state index is 0.116. The van der Waals surface area contributed by atoms with Crippen LogP contribution in [0.4, 0.5) is 4.79 Å². The molecule has 0 aromatic heterocycles. The molecule has 130 valence electrons. The molecular formula is C18H22BrNO4. The largest absolute Gasteiger partial charge is 0.444 e. The Morgan fingerprint density at radius 1 is 1.21 bits per heavy atom. The number of ether oxygens (including phenoxy) is 1. The molecule has 0 aliphatic heterocycles. The van der Waals surface area contributed by atoms with Crippen LogP contribution in [-0.4, -0.2) is 34.6 Å². The number of rotatable bonds is 4. The first-order chi connectivity index (χ1) is 11.2. The van der Waals surface area contributed by atoms with Gasteiger partial charge in [0, 0.05) is 11.0 Å². The lowest BCUT2D eigenvalue weighted by Gasteiger charge is -2.23. The Bertz CT molecular complexity index is 727. The Hall–Kier alpha value is -1.63. The molecular weight excluding hydrogens is 374 g/mol. The van der Waals surface area contributed by atoms with Gasteiger partial charge >= 0.3 is 6.09 Å². The first-order valence-corrected chi connectivity index (χ1v) is 8.48. The molecule has 24 heavy (non-hydrogen) atoms. The standard InChI is InChI=1S/C18H22BrNO4/c1-18(2,3)24-17(23)20-10-14(21)16(22)13-9-8-11-6-4-5-7-12(11)15(13)19/h4-9,14,16,21-22H,10H2,1-3H3,(H,20,23). The zero-order valence-electron chi connectivity index (χ0n) is 13.9. The smallest absolute Gasteiger partial charge is 0.407 e. The molecule has 1 amide bonds. The van der Waals surface area contributed by atoms with Crippen molar-refractivity contribution >= 4 is 32.8 Å². The molecule has 0 saturated carbocycles. The maximum atomic E-state index is 11.6. The summed E-state index contributed by atoms with van der Waals surface area (Å²) in [5.41, 5.74) is -0.0538. The average Bonchev–Trinajstić information content (AvgIpc) is 2.51. The Balaban J connectivity index is 2.07. The molecule has 0 bridgehead atoms. The minimum Gasteiger partial charge on any atom is -0.444 e. The Kier molecular flexibility index (Phi) is 5.85. The highest BCUT2D eigenvalue weighted by Gasteiger charge is 2.23. The van der Waals surface area contributed by atoms with E-state index in [0.29, 0.717) is 5.56 Å². The molecule has 3 N–H and O–H groups in total. The number of amides is 1. The van der Waals surface area contributed by atoms with Gasteiger partial charge in [-0.2, -0.15) is 0 Å². The molecule has 2 rings (SSSR count). The third kappa shape index (κ3) is 4.69. The summed E-state index contributed by atoms with van der Waals surface area (Å²) in [6.07, 6.45) is -2.93. The molecule has 0 fully saturated rings. The van der Waals surface area contributed by atoms with Gasteiger partial charge in [-0.3, -0.25) is 0 Å². The number of benzene rings is 2. The van der Waals surface area contributed by atoms with Gasteiger partial charge in [-0.1, -0.05) is 36.4 Å². The third-order valence-corrected chi connectivity index (χ3v) is 4.32. The molecule has 6 heteroatoms. The van der Waals surface area contributed by atoms with Crippen LogP contribution in [0.3, 0.4) is 0 Å². The first kappa shape index (κ1) is 18.7. The highest BCUT2D eigenvalue weighted by molar-refractivity contribution is 9.10. The fraction of sp³-hybridized carbons (Fsp3) is 0.389. The van der Waals surface area contributed by atoms with Crippen LogP contribution in [0.2, 0.25) is 0 Å². The number of carbonyl (C=O) groups is 1. The van der Waals surface area contributed by atoms with Crippen molar-refractivity contribution in [3.63, 3.8) is 0 Å². The van der Waals surface area contributed by atoms with Gasteiger partial charge < -0.3 is 20.3 Å². The van der Waals surface area contributed by atoms with Crippen molar-refractivity contribution in [1.82, 2.24) is 5.32 Å². The number of fused-ring (bicyclic) bond motifs is 1.